The molecular weight excluding hydrogens is 294 g/mol. The summed E-state index contributed by atoms with van der Waals surface area (Å²) in [6.07, 6.45) is 1.51. The van der Waals surface area contributed by atoms with E-state index in [2.05, 4.69) is 9.97 Å². The molecule has 1 aromatic carbocycles. The van der Waals surface area contributed by atoms with Gasteiger partial charge in [0.05, 0.1) is 23.7 Å². The lowest BCUT2D eigenvalue weighted by atomic mass is 10.2. The number of nitrogens with one attached hydrogen (secondary N) is 1. The van der Waals surface area contributed by atoms with Crippen LogP contribution in [0.4, 0.5) is 4.79 Å². The van der Waals surface area contributed by atoms with Crippen molar-refractivity contribution in [1.82, 2.24) is 14.9 Å². The van der Waals surface area contributed by atoms with Crippen LogP contribution < -0.4 is 0 Å². The van der Waals surface area contributed by atoms with Crippen LogP contribution in [0.1, 0.15) is 51.0 Å². The molecule has 0 spiro atoms. The number of carbonyl (C=O) groups is 1. The van der Waals surface area contributed by atoms with Crippen molar-refractivity contribution in [2.75, 3.05) is 6.54 Å². The largest absolute Gasteiger partial charge is 0.444 e. The number of likely N-dealkylation sites (tertiary alicyclic amines) is 1. The lowest BCUT2D eigenvalue weighted by molar-refractivity contribution is 0.0219. The van der Waals surface area contributed by atoms with Gasteiger partial charge in [-0.1, -0.05) is 6.07 Å². The van der Waals surface area contributed by atoms with Crippen molar-refractivity contribution in [2.45, 2.75) is 51.9 Å². The summed E-state index contributed by atoms with van der Waals surface area (Å²) in [4.78, 5) is 22.0. The van der Waals surface area contributed by atoms with Gasteiger partial charge in [-0.05, 0) is 51.3 Å². The first kappa shape index (κ1) is 15.8. The van der Waals surface area contributed by atoms with Crippen LogP contribution in [0.5, 0.6) is 0 Å². The van der Waals surface area contributed by atoms with Gasteiger partial charge in [0.15, 0.2) is 0 Å². The van der Waals surface area contributed by atoms with E-state index in [4.69, 9.17) is 4.74 Å². The van der Waals surface area contributed by atoms with Gasteiger partial charge >= 0.3 is 6.09 Å². The van der Waals surface area contributed by atoms with Crippen molar-refractivity contribution in [2.24, 2.45) is 0 Å². The van der Waals surface area contributed by atoms with Gasteiger partial charge in [-0.3, -0.25) is 4.90 Å². The zero-order valence-electron chi connectivity index (χ0n) is 13.8. The monoisotopic (exact) mass is 317 g/mol. The minimum absolute atomic E-state index is 0.00834. The highest BCUT2D eigenvalue weighted by Gasteiger charge is 2.34. The number of amides is 1. The number of aliphatic hydroxyl groups excluding tert-OH is 1. The van der Waals surface area contributed by atoms with E-state index >= 15 is 0 Å². The average molecular weight is 317 g/mol. The molecule has 124 valence electrons. The fraction of sp³-hybridized carbons (Fsp3) is 0.529. The minimum atomic E-state index is -0.506. The number of fused-ring (bicyclic) bond motifs is 1. The second kappa shape index (κ2) is 5.85. The number of aromatic amines is 1. The molecule has 0 bridgehead atoms. The van der Waals surface area contributed by atoms with Crippen molar-refractivity contribution in [3.8, 4) is 0 Å². The number of carbonyl (C=O) groups excluding carboxylic acids is 1. The Kier molecular flexibility index (Phi) is 4.02. The molecule has 1 fully saturated rings. The van der Waals surface area contributed by atoms with Gasteiger partial charge in [0, 0.05) is 6.54 Å². The molecule has 1 aliphatic rings. The number of aromatic nitrogens is 2. The summed E-state index contributed by atoms with van der Waals surface area (Å²) in [6.45, 7) is 6.28. The first-order chi connectivity index (χ1) is 10.9. The molecule has 1 aromatic heterocycles. The maximum absolute atomic E-state index is 12.4. The van der Waals surface area contributed by atoms with Crippen molar-refractivity contribution in [3.63, 3.8) is 0 Å². The molecule has 1 aliphatic heterocycles. The Morgan fingerprint density at radius 3 is 2.96 bits per heavy atom. The Hall–Kier alpha value is -2.08. The highest BCUT2D eigenvalue weighted by Crippen LogP contribution is 2.32. The number of rotatable bonds is 2. The summed E-state index contributed by atoms with van der Waals surface area (Å²) in [5.74, 6) is 0.776. The zero-order chi connectivity index (χ0) is 16.6. The standard InChI is InChI=1S/C17H23N3O3/c1-17(2,3)23-16(22)20-8-4-5-14(20)15-18-12-7-6-11(10-21)9-13(12)19-15/h6-7,9,14,21H,4-5,8,10H2,1-3H3,(H,18,19). The van der Waals surface area contributed by atoms with E-state index in [0.717, 1.165) is 35.3 Å². The topological polar surface area (TPSA) is 78.4 Å². The molecule has 6 nitrogen and oxygen atoms in total. The average Bonchev–Trinajstić information content (AvgIpc) is 3.10. The highest BCUT2D eigenvalue weighted by molar-refractivity contribution is 5.76. The molecule has 1 atom stereocenters. The van der Waals surface area contributed by atoms with Gasteiger partial charge in [-0.15, -0.1) is 0 Å². The molecule has 1 saturated heterocycles. The third kappa shape index (κ3) is 3.32. The molecule has 0 radical (unpaired) electrons. The smallest absolute Gasteiger partial charge is 0.410 e. The molecule has 2 heterocycles. The van der Waals surface area contributed by atoms with Crippen LogP contribution in [-0.2, 0) is 11.3 Å². The molecule has 1 amide bonds. The molecule has 23 heavy (non-hydrogen) atoms. The van der Waals surface area contributed by atoms with Gasteiger partial charge in [0.1, 0.15) is 11.4 Å². The molecule has 6 heteroatoms. The first-order valence-electron chi connectivity index (χ1n) is 7.96. The van der Waals surface area contributed by atoms with Gasteiger partial charge in [-0.2, -0.15) is 0 Å². The zero-order valence-corrected chi connectivity index (χ0v) is 13.8. The lowest BCUT2D eigenvalue weighted by Gasteiger charge is -2.27. The van der Waals surface area contributed by atoms with Crippen LogP contribution >= 0.6 is 0 Å². The van der Waals surface area contributed by atoms with Gasteiger partial charge < -0.3 is 14.8 Å². The Bertz CT molecular complexity index is 717. The van der Waals surface area contributed by atoms with Crippen molar-refractivity contribution in [1.29, 1.82) is 0 Å². The van der Waals surface area contributed by atoms with Gasteiger partial charge in [0.25, 0.3) is 0 Å². The second-order valence-electron chi connectivity index (χ2n) is 6.96. The fourth-order valence-electron chi connectivity index (χ4n) is 2.92. The van der Waals surface area contributed by atoms with E-state index in [-0.39, 0.29) is 18.7 Å². The maximum atomic E-state index is 12.4. The highest BCUT2D eigenvalue weighted by atomic mass is 16.6. The van der Waals surface area contributed by atoms with Crippen LogP contribution in [0.25, 0.3) is 11.0 Å². The molecule has 2 aromatic rings. The summed E-state index contributed by atoms with van der Waals surface area (Å²) in [5, 5.41) is 9.23. The molecule has 3 rings (SSSR count). The normalized spacial score (nSPS) is 18.6. The van der Waals surface area contributed by atoms with E-state index in [1.807, 2.05) is 39.0 Å². The summed E-state index contributed by atoms with van der Waals surface area (Å²) < 4.78 is 5.50. The number of hydrogen-bond acceptors (Lipinski definition) is 4. The Morgan fingerprint density at radius 2 is 2.26 bits per heavy atom. The Morgan fingerprint density at radius 1 is 1.48 bits per heavy atom. The quantitative estimate of drug-likeness (QED) is 0.892. The van der Waals surface area contributed by atoms with Crippen LogP contribution in [0.15, 0.2) is 18.2 Å². The number of H-pyrrole nitrogens is 1. The maximum Gasteiger partial charge on any atom is 0.410 e. The van der Waals surface area contributed by atoms with Gasteiger partial charge in [0.2, 0.25) is 0 Å². The molecule has 0 aliphatic carbocycles. The second-order valence-corrected chi connectivity index (χ2v) is 6.96. The van der Waals surface area contributed by atoms with E-state index in [1.165, 1.54) is 0 Å². The SMILES string of the molecule is CC(C)(C)OC(=O)N1CCCC1c1nc2cc(CO)ccc2[nH]1. The van der Waals surface area contributed by atoms with E-state index in [1.54, 1.807) is 4.90 Å². The molecular formula is C17H23N3O3. The molecule has 0 saturated carbocycles. The lowest BCUT2D eigenvalue weighted by Crippen LogP contribution is -2.36. The fourth-order valence-corrected chi connectivity index (χ4v) is 2.92. The number of hydrogen-bond donors (Lipinski definition) is 2. The Balaban J connectivity index is 1.86. The first-order valence-corrected chi connectivity index (χ1v) is 7.96. The number of aliphatic hydroxyl groups is 1. The van der Waals surface area contributed by atoms with Crippen molar-refractivity contribution in [3.05, 3.63) is 29.6 Å². The van der Waals surface area contributed by atoms with Crippen LogP contribution in [0, 0.1) is 0 Å². The van der Waals surface area contributed by atoms with E-state index in [9.17, 15) is 9.90 Å². The Labute approximate surface area is 135 Å². The number of ether oxygens (including phenoxy) is 1. The van der Waals surface area contributed by atoms with Crippen LogP contribution in [0.3, 0.4) is 0 Å². The number of imidazole rings is 1. The number of nitrogens with zero attached hydrogens (tertiary/aromatic N) is 2. The minimum Gasteiger partial charge on any atom is -0.444 e. The molecule has 2 N–H and O–H groups in total. The van der Waals surface area contributed by atoms with Crippen molar-refractivity contribution >= 4 is 17.1 Å². The van der Waals surface area contributed by atoms with E-state index in [0.29, 0.717) is 6.54 Å². The van der Waals surface area contributed by atoms with E-state index < -0.39 is 5.60 Å². The van der Waals surface area contributed by atoms with Crippen LogP contribution in [-0.4, -0.2) is 38.2 Å². The summed E-state index contributed by atoms with van der Waals surface area (Å²) in [7, 11) is 0. The summed E-state index contributed by atoms with van der Waals surface area (Å²) in [6, 6.07) is 5.55. The third-order valence-electron chi connectivity index (χ3n) is 3.94. The van der Waals surface area contributed by atoms with Crippen LogP contribution in [0.2, 0.25) is 0 Å². The molecule has 1 unspecified atom stereocenters. The number of benzene rings is 1. The van der Waals surface area contributed by atoms with Gasteiger partial charge in [-0.25, -0.2) is 9.78 Å². The predicted molar refractivity (Wildman–Crippen MR) is 86.9 cm³/mol. The third-order valence-corrected chi connectivity index (χ3v) is 3.94. The van der Waals surface area contributed by atoms with Crippen molar-refractivity contribution < 1.29 is 14.6 Å². The summed E-state index contributed by atoms with van der Waals surface area (Å²) >= 11 is 0. The summed E-state index contributed by atoms with van der Waals surface area (Å²) in [5.41, 5.74) is 2.04. The predicted octanol–water partition coefficient (Wildman–Crippen LogP) is 3.13.